The molecular weight excluding hydrogens is 393 g/mol. The number of hydrogen-bond acceptors (Lipinski definition) is 5. The van der Waals surface area contributed by atoms with Crippen molar-refractivity contribution >= 4 is 46.8 Å². The first-order valence-electron chi connectivity index (χ1n) is 7.74. The Balaban J connectivity index is 1.89. The summed E-state index contributed by atoms with van der Waals surface area (Å²) in [5.41, 5.74) is 1.06. The summed E-state index contributed by atoms with van der Waals surface area (Å²) in [6.07, 6.45) is 2.66. The Morgan fingerprint density at radius 3 is 2.30 bits per heavy atom. The number of benzene rings is 2. The summed E-state index contributed by atoms with van der Waals surface area (Å²) in [5.74, 6) is -0.148. The lowest BCUT2D eigenvalue weighted by Gasteiger charge is -2.09. The van der Waals surface area contributed by atoms with Crippen molar-refractivity contribution in [3.05, 3.63) is 58.1 Å². The SMILES string of the molecule is COc1cc(NC(=O)COC(=O)/C=C/c2ccc(Cl)cc2Cl)cc(OC)c1. The quantitative estimate of drug-likeness (QED) is 0.547. The van der Waals surface area contributed by atoms with E-state index in [1.807, 2.05) is 0 Å². The molecule has 0 radical (unpaired) electrons. The average Bonchev–Trinajstić information content (AvgIpc) is 2.65. The number of halogens is 2. The molecule has 0 spiro atoms. The highest BCUT2D eigenvalue weighted by Crippen LogP contribution is 2.25. The van der Waals surface area contributed by atoms with Gasteiger partial charge in [0.2, 0.25) is 0 Å². The number of carbonyl (C=O) groups excluding carboxylic acids is 2. The fraction of sp³-hybridized carbons (Fsp3) is 0.158. The van der Waals surface area contributed by atoms with Gasteiger partial charge in [-0.15, -0.1) is 0 Å². The van der Waals surface area contributed by atoms with Crippen molar-refractivity contribution in [2.45, 2.75) is 0 Å². The minimum absolute atomic E-state index is 0.399. The molecule has 0 aliphatic carbocycles. The molecule has 0 aliphatic heterocycles. The highest BCUT2D eigenvalue weighted by atomic mass is 35.5. The van der Waals surface area contributed by atoms with Gasteiger partial charge in [-0.05, 0) is 23.8 Å². The van der Waals surface area contributed by atoms with Gasteiger partial charge in [-0.3, -0.25) is 4.79 Å². The summed E-state index contributed by atoms with van der Waals surface area (Å²) < 4.78 is 15.2. The lowest BCUT2D eigenvalue weighted by Crippen LogP contribution is -2.20. The first-order chi connectivity index (χ1) is 12.9. The number of carbonyl (C=O) groups is 2. The highest BCUT2D eigenvalue weighted by Gasteiger charge is 2.08. The largest absolute Gasteiger partial charge is 0.497 e. The van der Waals surface area contributed by atoms with Crippen LogP contribution in [0.3, 0.4) is 0 Å². The summed E-state index contributed by atoms with van der Waals surface area (Å²) >= 11 is 11.8. The van der Waals surface area contributed by atoms with E-state index < -0.39 is 18.5 Å². The van der Waals surface area contributed by atoms with E-state index in [9.17, 15) is 9.59 Å². The van der Waals surface area contributed by atoms with Crippen LogP contribution in [0.25, 0.3) is 6.08 Å². The maximum absolute atomic E-state index is 12.0. The predicted molar refractivity (Wildman–Crippen MR) is 105 cm³/mol. The van der Waals surface area contributed by atoms with Crippen LogP contribution in [0.2, 0.25) is 10.0 Å². The molecule has 142 valence electrons. The zero-order valence-electron chi connectivity index (χ0n) is 14.6. The van der Waals surface area contributed by atoms with Gasteiger partial charge in [0.25, 0.3) is 5.91 Å². The van der Waals surface area contributed by atoms with Gasteiger partial charge in [-0.25, -0.2) is 4.79 Å². The number of esters is 1. The summed E-state index contributed by atoms with van der Waals surface area (Å²) in [7, 11) is 3.00. The van der Waals surface area contributed by atoms with Gasteiger partial charge >= 0.3 is 5.97 Å². The molecule has 1 amide bonds. The predicted octanol–water partition coefficient (Wildman–Crippen LogP) is 4.21. The van der Waals surface area contributed by atoms with E-state index in [0.717, 1.165) is 0 Å². The van der Waals surface area contributed by atoms with Crippen LogP contribution >= 0.6 is 23.2 Å². The Kier molecular flexibility index (Phi) is 7.52. The monoisotopic (exact) mass is 409 g/mol. The summed E-state index contributed by atoms with van der Waals surface area (Å²) in [6.45, 7) is -0.447. The number of amides is 1. The third-order valence-electron chi connectivity index (χ3n) is 3.34. The number of hydrogen-bond donors (Lipinski definition) is 1. The van der Waals surface area contributed by atoms with Crippen LogP contribution in [-0.2, 0) is 14.3 Å². The van der Waals surface area contributed by atoms with Crippen molar-refractivity contribution < 1.29 is 23.8 Å². The van der Waals surface area contributed by atoms with Gasteiger partial charge in [0.15, 0.2) is 6.61 Å². The molecule has 2 aromatic rings. The van der Waals surface area contributed by atoms with Crippen molar-refractivity contribution in [3.63, 3.8) is 0 Å². The highest BCUT2D eigenvalue weighted by molar-refractivity contribution is 6.35. The lowest BCUT2D eigenvalue weighted by atomic mass is 10.2. The molecule has 0 bridgehead atoms. The molecule has 0 aromatic heterocycles. The van der Waals surface area contributed by atoms with Gasteiger partial charge in [0, 0.05) is 40.0 Å². The van der Waals surface area contributed by atoms with E-state index in [1.54, 1.807) is 36.4 Å². The molecule has 0 saturated carbocycles. The number of ether oxygens (including phenoxy) is 3. The van der Waals surface area contributed by atoms with Crippen molar-refractivity contribution in [1.82, 2.24) is 0 Å². The van der Waals surface area contributed by atoms with Gasteiger partial charge in [0.1, 0.15) is 11.5 Å². The van der Waals surface area contributed by atoms with Crippen molar-refractivity contribution in [1.29, 1.82) is 0 Å². The Bertz CT molecular complexity index is 845. The minimum atomic E-state index is -0.681. The second-order valence-corrected chi connectivity index (χ2v) is 6.10. The Morgan fingerprint density at radius 2 is 1.70 bits per heavy atom. The van der Waals surface area contributed by atoms with Crippen molar-refractivity contribution in [3.8, 4) is 11.5 Å². The third-order valence-corrected chi connectivity index (χ3v) is 3.90. The number of anilines is 1. The van der Waals surface area contributed by atoms with E-state index in [1.165, 1.54) is 26.4 Å². The van der Waals surface area contributed by atoms with Gasteiger partial charge in [-0.2, -0.15) is 0 Å². The van der Waals surface area contributed by atoms with Crippen LogP contribution < -0.4 is 14.8 Å². The third kappa shape index (κ3) is 6.51. The smallest absolute Gasteiger partial charge is 0.331 e. The van der Waals surface area contributed by atoms with Crippen LogP contribution in [0.4, 0.5) is 5.69 Å². The summed E-state index contributed by atoms with van der Waals surface area (Å²) in [4.78, 5) is 23.7. The fourth-order valence-corrected chi connectivity index (χ4v) is 2.53. The van der Waals surface area contributed by atoms with Crippen LogP contribution in [0.5, 0.6) is 11.5 Å². The maximum Gasteiger partial charge on any atom is 0.331 e. The Labute approximate surface area is 166 Å². The average molecular weight is 410 g/mol. The fourth-order valence-electron chi connectivity index (χ4n) is 2.06. The molecule has 2 aromatic carbocycles. The number of nitrogens with one attached hydrogen (secondary N) is 1. The van der Waals surface area contributed by atoms with Gasteiger partial charge in [0.05, 0.1) is 14.2 Å². The standard InChI is InChI=1S/C19H17Cl2NO5/c1-25-15-8-14(9-16(10-15)26-2)22-18(23)11-27-19(24)6-4-12-3-5-13(20)7-17(12)21/h3-10H,11H2,1-2H3,(H,22,23)/b6-4+. The Morgan fingerprint density at radius 1 is 1.04 bits per heavy atom. The van der Waals surface area contributed by atoms with E-state index in [-0.39, 0.29) is 0 Å². The molecule has 0 saturated heterocycles. The first-order valence-corrected chi connectivity index (χ1v) is 8.49. The normalized spacial score (nSPS) is 10.5. The van der Waals surface area contributed by atoms with Crippen LogP contribution in [0, 0.1) is 0 Å². The summed E-state index contributed by atoms with van der Waals surface area (Å²) in [5, 5.41) is 3.49. The van der Waals surface area contributed by atoms with Crippen LogP contribution in [0.1, 0.15) is 5.56 Å². The number of methoxy groups -OCH3 is 2. The van der Waals surface area contributed by atoms with E-state index in [2.05, 4.69) is 5.32 Å². The van der Waals surface area contributed by atoms with Gasteiger partial charge in [-0.1, -0.05) is 29.3 Å². The number of rotatable bonds is 7. The summed E-state index contributed by atoms with van der Waals surface area (Å²) in [6, 6.07) is 9.77. The van der Waals surface area contributed by atoms with Crippen LogP contribution in [-0.4, -0.2) is 32.7 Å². The van der Waals surface area contributed by atoms with Crippen molar-refractivity contribution in [2.24, 2.45) is 0 Å². The second kappa shape index (κ2) is 9.85. The first kappa shape index (κ1) is 20.6. The maximum atomic E-state index is 12.0. The molecule has 1 N–H and O–H groups in total. The molecule has 2 rings (SSSR count). The lowest BCUT2D eigenvalue weighted by molar-refractivity contribution is -0.142. The van der Waals surface area contributed by atoms with E-state index in [0.29, 0.717) is 32.8 Å². The zero-order chi connectivity index (χ0) is 19.8. The molecule has 0 unspecified atom stereocenters. The van der Waals surface area contributed by atoms with E-state index >= 15 is 0 Å². The minimum Gasteiger partial charge on any atom is -0.497 e. The molecule has 0 aliphatic rings. The van der Waals surface area contributed by atoms with Crippen molar-refractivity contribution in [2.75, 3.05) is 26.1 Å². The Hall–Kier alpha value is -2.70. The van der Waals surface area contributed by atoms with Crippen LogP contribution in [0.15, 0.2) is 42.5 Å². The molecule has 0 atom stereocenters. The molecule has 6 nitrogen and oxygen atoms in total. The van der Waals surface area contributed by atoms with Gasteiger partial charge < -0.3 is 19.5 Å². The molecular formula is C19H17Cl2NO5. The molecule has 8 heteroatoms. The second-order valence-electron chi connectivity index (χ2n) is 5.26. The van der Waals surface area contributed by atoms with E-state index in [4.69, 9.17) is 37.4 Å². The molecule has 0 fully saturated rings. The zero-order valence-corrected chi connectivity index (χ0v) is 16.1. The molecule has 0 heterocycles. The topological polar surface area (TPSA) is 73.9 Å². The molecule has 27 heavy (non-hydrogen) atoms.